The SMILES string of the molecule is C/C=C/c1ccc(OCC2CCC(c3ccc(OCC)c(F)c3)CC2)c(F)c1F. The Labute approximate surface area is 170 Å². The van der Waals surface area contributed by atoms with Gasteiger partial charge < -0.3 is 9.47 Å². The van der Waals surface area contributed by atoms with Gasteiger partial charge in [0, 0.05) is 5.56 Å². The molecule has 0 spiro atoms. The first-order chi connectivity index (χ1) is 14.0. The number of hydrogen-bond acceptors (Lipinski definition) is 2. The summed E-state index contributed by atoms with van der Waals surface area (Å²) in [6.45, 7) is 4.36. The molecule has 3 rings (SSSR count). The van der Waals surface area contributed by atoms with E-state index < -0.39 is 11.6 Å². The lowest BCUT2D eigenvalue weighted by Gasteiger charge is -2.29. The lowest BCUT2D eigenvalue weighted by Crippen LogP contribution is -2.19. The van der Waals surface area contributed by atoms with Gasteiger partial charge in [-0.15, -0.1) is 0 Å². The molecule has 2 aromatic rings. The van der Waals surface area contributed by atoms with E-state index in [2.05, 4.69) is 0 Å². The number of halogens is 3. The van der Waals surface area contributed by atoms with Crippen molar-refractivity contribution in [1.82, 2.24) is 0 Å². The topological polar surface area (TPSA) is 18.5 Å². The van der Waals surface area contributed by atoms with E-state index >= 15 is 0 Å². The monoisotopic (exact) mass is 404 g/mol. The summed E-state index contributed by atoms with van der Waals surface area (Å²) in [7, 11) is 0. The fraction of sp³-hybridized carbons (Fsp3) is 0.417. The Morgan fingerprint density at radius 2 is 1.66 bits per heavy atom. The number of rotatable bonds is 7. The lowest BCUT2D eigenvalue weighted by molar-refractivity contribution is 0.192. The van der Waals surface area contributed by atoms with Crippen molar-refractivity contribution in [3.63, 3.8) is 0 Å². The van der Waals surface area contributed by atoms with Crippen molar-refractivity contribution in [3.8, 4) is 11.5 Å². The first kappa shape index (κ1) is 21.3. The van der Waals surface area contributed by atoms with Crippen molar-refractivity contribution in [2.75, 3.05) is 13.2 Å². The third-order valence-electron chi connectivity index (χ3n) is 5.47. The summed E-state index contributed by atoms with van der Waals surface area (Å²) in [5.41, 5.74) is 1.19. The van der Waals surface area contributed by atoms with Crippen molar-refractivity contribution in [2.24, 2.45) is 5.92 Å². The van der Waals surface area contributed by atoms with Crippen molar-refractivity contribution in [3.05, 3.63) is 65.0 Å². The predicted octanol–water partition coefficient (Wildman–Crippen LogP) is 6.89. The fourth-order valence-corrected chi connectivity index (χ4v) is 3.88. The molecule has 29 heavy (non-hydrogen) atoms. The van der Waals surface area contributed by atoms with Crippen LogP contribution in [0.1, 0.15) is 56.6 Å². The molecule has 0 bridgehead atoms. The van der Waals surface area contributed by atoms with E-state index in [1.807, 2.05) is 13.0 Å². The van der Waals surface area contributed by atoms with Crippen molar-refractivity contribution < 1.29 is 22.6 Å². The number of allylic oxidation sites excluding steroid dienone is 1. The molecule has 0 heterocycles. The lowest BCUT2D eigenvalue weighted by atomic mass is 9.79. The molecular formula is C24H27F3O2. The summed E-state index contributed by atoms with van der Waals surface area (Å²) < 4.78 is 53.1. The maximum atomic E-state index is 14.2. The third-order valence-corrected chi connectivity index (χ3v) is 5.47. The maximum Gasteiger partial charge on any atom is 0.201 e. The van der Waals surface area contributed by atoms with Crippen LogP contribution in [-0.4, -0.2) is 13.2 Å². The average Bonchev–Trinajstić information content (AvgIpc) is 2.73. The van der Waals surface area contributed by atoms with Crippen LogP contribution in [0.3, 0.4) is 0 Å². The Bertz CT molecular complexity index is 855. The minimum absolute atomic E-state index is 0.0496. The highest BCUT2D eigenvalue weighted by Gasteiger charge is 2.24. The summed E-state index contributed by atoms with van der Waals surface area (Å²) in [5, 5.41) is 0. The predicted molar refractivity (Wildman–Crippen MR) is 109 cm³/mol. The molecule has 5 heteroatoms. The van der Waals surface area contributed by atoms with Gasteiger partial charge in [0.25, 0.3) is 0 Å². The molecule has 0 atom stereocenters. The summed E-state index contributed by atoms with van der Waals surface area (Å²) in [4.78, 5) is 0. The molecule has 2 nitrogen and oxygen atoms in total. The Morgan fingerprint density at radius 1 is 0.931 bits per heavy atom. The van der Waals surface area contributed by atoms with E-state index in [1.54, 1.807) is 25.1 Å². The molecule has 0 N–H and O–H groups in total. The molecule has 0 unspecified atom stereocenters. The molecule has 0 aromatic heterocycles. The summed E-state index contributed by atoms with van der Waals surface area (Å²) in [6.07, 6.45) is 6.82. The minimum Gasteiger partial charge on any atom is -0.491 e. The second-order valence-corrected chi connectivity index (χ2v) is 7.43. The van der Waals surface area contributed by atoms with Crippen LogP contribution in [0.5, 0.6) is 11.5 Å². The quantitative estimate of drug-likeness (QED) is 0.500. The molecule has 0 amide bonds. The summed E-state index contributed by atoms with van der Waals surface area (Å²) in [6, 6.07) is 8.18. The molecule has 1 saturated carbocycles. The third kappa shape index (κ3) is 5.14. The largest absolute Gasteiger partial charge is 0.491 e. The van der Waals surface area contributed by atoms with E-state index in [9.17, 15) is 13.2 Å². The highest BCUT2D eigenvalue weighted by atomic mass is 19.2. The van der Waals surface area contributed by atoms with Crippen LogP contribution >= 0.6 is 0 Å². The second kappa shape index (κ2) is 9.86. The summed E-state index contributed by atoms with van der Waals surface area (Å²) >= 11 is 0. The molecule has 0 aliphatic heterocycles. The second-order valence-electron chi connectivity index (χ2n) is 7.43. The molecule has 0 radical (unpaired) electrons. The molecule has 0 saturated heterocycles. The Kier molecular flexibility index (Phi) is 7.24. The van der Waals surface area contributed by atoms with Gasteiger partial charge >= 0.3 is 0 Å². The van der Waals surface area contributed by atoms with Crippen LogP contribution in [0.15, 0.2) is 36.4 Å². The van der Waals surface area contributed by atoms with E-state index in [0.29, 0.717) is 19.1 Å². The van der Waals surface area contributed by atoms with E-state index in [0.717, 1.165) is 31.2 Å². The zero-order valence-corrected chi connectivity index (χ0v) is 16.9. The first-order valence-corrected chi connectivity index (χ1v) is 10.2. The van der Waals surface area contributed by atoms with Crippen molar-refractivity contribution >= 4 is 6.08 Å². The van der Waals surface area contributed by atoms with Crippen molar-refractivity contribution in [2.45, 2.75) is 45.4 Å². The van der Waals surface area contributed by atoms with Crippen LogP contribution < -0.4 is 9.47 Å². The molecule has 1 aliphatic rings. The van der Waals surface area contributed by atoms with E-state index in [-0.39, 0.29) is 28.8 Å². The van der Waals surface area contributed by atoms with Gasteiger partial charge in [0.15, 0.2) is 23.1 Å². The van der Waals surface area contributed by atoms with Gasteiger partial charge in [-0.1, -0.05) is 18.2 Å². The normalized spacial score (nSPS) is 19.5. The van der Waals surface area contributed by atoms with Crippen LogP contribution in [0, 0.1) is 23.4 Å². The zero-order chi connectivity index (χ0) is 20.8. The molecule has 1 fully saturated rings. The minimum atomic E-state index is -0.945. The number of hydrogen-bond donors (Lipinski definition) is 0. The van der Waals surface area contributed by atoms with Gasteiger partial charge in [-0.3, -0.25) is 0 Å². The fourth-order valence-electron chi connectivity index (χ4n) is 3.88. The first-order valence-electron chi connectivity index (χ1n) is 10.2. The van der Waals surface area contributed by atoms with E-state index in [4.69, 9.17) is 9.47 Å². The average molecular weight is 404 g/mol. The molecule has 1 aliphatic carbocycles. The van der Waals surface area contributed by atoms with Gasteiger partial charge in [0.2, 0.25) is 5.82 Å². The Hall–Kier alpha value is -2.43. The van der Waals surface area contributed by atoms with Crippen LogP contribution in [0.2, 0.25) is 0 Å². The van der Waals surface area contributed by atoms with Gasteiger partial charge in [-0.05, 0) is 81.2 Å². The molecule has 2 aromatic carbocycles. The molecular weight excluding hydrogens is 377 g/mol. The van der Waals surface area contributed by atoms with Gasteiger partial charge in [-0.25, -0.2) is 8.78 Å². The van der Waals surface area contributed by atoms with Crippen LogP contribution in [-0.2, 0) is 0 Å². The maximum absolute atomic E-state index is 14.2. The van der Waals surface area contributed by atoms with Gasteiger partial charge in [0.1, 0.15) is 0 Å². The zero-order valence-electron chi connectivity index (χ0n) is 16.9. The van der Waals surface area contributed by atoms with Crippen LogP contribution in [0.4, 0.5) is 13.2 Å². The summed E-state index contributed by atoms with van der Waals surface area (Å²) in [5.74, 6) is -1.35. The highest BCUT2D eigenvalue weighted by Crippen LogP contribution is 2.37. The van der Waals surface area contributed by atoms with Gasteiger partial charge in [0.05, 0.1) is 13.2 Å². The van der Waals surface area contributed by atoms with E-state index in [1.165, 1.54) is 18.2 Å². The number of benzene rings is 2. The Morgan fingerprint density at radius 3 is 2.31 bits per heavy atom. The van der Waals surface area contributed by atoms with Gasteiger partial charge in [-0.2, -0.15) is 4.39 Å². The van der Waals surface area contributed by atoms with Crippen molar-refractivity contribution in [1.29, 1.82) is 0 Å². The standard InChI is InChI=1S/C24H27F3O2/c1-3-5-18-10-13-22(24(27)23(18)26)29-15-16-6-8-17(9-7-16)19-11-12-21(28-4-2)20(25)14-19/h3,5,10-14,16-17H,4,6-9,15H2,1-2H3/b5-3+. The number of ether oxygens (including phenoxy) is 2. The van der Waals surface area contributed by atoms with Crippen LogP contribution in [0.25, 0.3) is 6.08 Å². The molecule has 156 valence electrons. The highest BCUT2D eigenvalue weighted by molar-refractivity contribution is 5.51. The Balaban J connectivity index is 1.54. The smallest absolute Gasteiger partial charge is 0.201 e.